The van der Waals surface area contributed by atoms with Gasteiger partial charge >= 0.3 is 0 Å². The van der Waals surface area contributed by atoms with Gasteiger partial charge in [0.1, 0.15) is 6.04 Å². The summed E-state index contributed by atoms with van der Waals surface area (Å²) in [5, 5.41) is 5.47. The number of likely N-dealkylation sites (N-methyl/N-ethyl adjacent to an activating group) is 2. The van der Waals surface area contributed by atoms with Crippen LogP contribution in [0, 0.1) is 17.3 Å². The van der Waals surface area contributed by atoms with Gasteiger partial charge in [-0.3, -0.25) is 19.1 Å². The first-order chi connectivity index (χ1) is 19.7. The summed E-state index contributed by atoms with van der Waals surface area (Å²) < 4.78 is 27.6. The highest BCUT2D eigenvalue weighted by molar-refractivity contribution is 7.90. The minimum atomic E-state index is -3.82. The van der Waals surface area contributed by atoms with Crippen molar-refractivity contribution < 1.29 is 22.8 Å². The Morgan fingerprint density at radius 2 is 1.49 bits per heavy atom. The van der Waals surface area contributed by atoms with Crippen molar-refractivity contribution >= 4 is 27.7 Å². The molecule has 3 amide bonds. The molecular formula is C33H56N4O5S. The van der Waals surface area contributed by atoms with Crippen molar-refractivity contribution in [2.24, 2.45) is 17.3 Å². The lowest BCUT2D eigenvalue weighted by Crippen LogP contribution is -2.60. The van der Waals surface area contributed by atoms with E-state index < -0.39 is 50.0 Å². The molecule has 2 unspecified atom stereocenters. The molecule has 0 heterocycles. The summed E-state index contributed by atoms with van der Waals surface area (Å²) in [5.41, 5.74) is 0.336. The van der Waals surface area contributed by atoms with Gasteiger partial charge in [-0.15, -0.1) is 0 Å². The zero-order chi connectivity index (χ0) is 33.3. The summed E-state index contributed by atoms with van der Waals surface area (Å²) in [6.07, 6.45) is 3.71. The molecule has 0 aromatic heterocycles. The van der Waals surface area contributed by atoms with Crippen molar-refractivity contribution in [3.63, 3.8) is 0 Å². The smallest absolute Gasteiger partial charge is 0.249 e. The molecule has 0 aliphatic carbocycles. The number of hydrogen-bond acceptors (Lipinski definition) is 6. The van der Waals surface area contributed by atoms with Gasteiger partial charge in [-0.25, -0.2) is 8.42 Å². The second kappa shape index (κ2) is 15.8. The Balaban J connectivity index is 3.28. The normalized spacial score (nSPS) is 15.8. The molecular weight excluding hydrogens is 564 g/mol. The Kier molecular flexibility index (Phi) is 14.1. The van der Waals surface area contributed by atoms with Crippen LogP contribution in [0.25, 0.3) is 0 Å². The van der Waals surface area contributed by atoms with Gasteiger partial charge in [0.25, 0.3) is 0 Å². The monoisotopic (exact) mass is 620 g/mol. The van der Waals surface area contributed by atoms with Gasteiger partial charge in [0, 0.05) is 18.2 Å². The zero-order valence-corrected chi connectivity index (χ0v) is 29.2. The van der Waals surface area contributed by atoms with E-state index in [0.717, 1.165) is 18.4 Å². The molecule has 0 radical (unpaired) electrons. The first kappa shape index (κ1) is 38.3. The maximum absolute atomic E-state index is 14.0. The summed E-state index contributed by atoms with van der Waals surface area (Å²) in [6.45, 7) is 18.6. The van der Waals surface area contributed by atoms with Crippen molar-refractivity contribution in [1.82, 2.24) is 20.3 Å². The topological polar surface area (TPSA) is 125 Å². The Bertz CT molecular complexity index is 1220. The fourth-order valence-electron chi connectivity index (χ4n) is 5.05. The highest BCUT2D eigenvalue weighted by atomic mass is 32.2. The van der Waals surface area contributed by atoms with Gasteiger partial charge in [-0.2, -0.15) is 0 Å². The standard InChI is InChI=1S/C33H56N4O5S/c1-13-14-18-24(5)43(41,42)36-29(38)23(4)21-26(22(2)3)37(12)31(40)28(32(6,7)8)35-30(39)27(34-11)33(9,10)25-19-16-15-17-20-25/h15-17,19-24,27-28,34H,13-14,18H2,1-12H3,(H,35,39)(H,36,38)/b26-21+/t23?,24?,27-,28-/m1/s1. The van der Waals surface area contributed by atoms with E-state index in [2.05, 4.69) is 15.4 Å². The summed E-state index contributed by atoms with van der Waals surface area (Å²) in [4.78, 5) is 42.2. The molecule has 1 rings (SSSR count). The van der Waals surface area contributed by atoms with Gasteiger partial charge in [0.05, 0.1) is 17.2 Å². The summed E-state index contributed by atoms with van der Waals surface area (Å²) in [7, 11) is -0.472. The van der Waals surface area contributed by atoms with Gasteiger partial charge < -0.3 is 15.5 Å². The molecule has 1 aromatic rings. The number of allylic oxidation sites excluding steroid dienone is 1. The largest absolute Gasteiger partial charge is 0.342 e. The number of rotatable bonds is 15. The second-order valence-electron chi connectivity index (χ2n) is 13.5. The van der Waals surface area contributed by atoms with E-state index in [0.29, 0.717) is 12.1 Å². The van der Waals surface area contributed by atoms with E-state index >= 15 is 0 Å². The summed E-state index contributed by atoms with van der Waals surface area (Å²) in [6, 6.07) is 8.25. The van der Waals surface area contributed by atoms with Crippen molar-refractivity contribution in [3.05, 3.63) is 47.7 Å². The van der Waals surface area contributed by atoms with Crippen LogP contribution in [0.4, 0.5) is 0 Å². The Hall–Kier alpha value is -2.72. The quantitative estimate of drug-likeness (QED) is 0.260. The van der Waals surface area contributed by atoms with Crippen LogP contribution in [0.1, 0.15) is 94.1 Å². The number of nitrogens with zero attached hydrogens (tertiary/aromatic N) is 1. The minimum Gasteiger partial charge on any atom is -0.342 e. The molecule has 0 spiro atoms. The van der Waals surface area contributed by atoms with Crippen LogP contribution < -0.4 is 15.4 Å². The molecule has 0 saturated carbocycles. The van der Waals surface area contributed by atoms with Crippen LogP contribution in [0.5, 0.6) is 0 Å². The Morgan fingerprint density at radius 3 is 1.95 bits per heavy atom. The molecule has 0 aliphatic rings. The third-order valence-corrected chi connectivity index (χ3v) is 9.85. The molecule has 0 bridgehead atoms. The van der Waals surface area contributed by atoms with E-state index in [-0.39, 0.29) is 17.7 Å². The number of carbonyl (C=O) groups excluding carboxylic acids is 3. The lowest BCUT2D eigenvalue weighted by molar-refractivity contribution is -0.138. The first-order valence-corrected chi connectivity index (χ1v) is 16.8. The van der Waals surface area contributed by atoms with Gasteiger partial charge in [0.2, 0.25) is 27.7 Å². The lowest BCUT2D eigenvalue weighted by atomic mass is 9.76. The fraction of sp³-hybridized carbons (Fsp3) is 0.667. The maximum Gasteiger partial charge on any atom is 0.249 e. The Morgan fingerprint density at radius 1 is 0.930 bits per heavy atom. The van der Waals surface area contributed by atoms with Crippen molar-refractivity contribution in [1.29, 1.82) is 0 Å². The number of carbonyl (C=O) groups is 3. The molecule has 10 heteroatoms. The number of amides is 3. The average Bonchev–Trinajstić information content (AvgIpc) is 2.91. The maximum atomic E-state index is 14.0. The zero-order valence-electron chi connectivity index (χ0n) is 28.4. The van der Waals surface area contributed by atoms with Crippen LogP contribution in [0.3, 0.4) is 0 Å². The van der Waals surface area contributed by atoms with Gasteiger partial charge in [-0.1, -0.05) is 105 Å². The van der Waals surface area contributed by atoms with Crippen molar-refractivity contribution in [2.45, 2.75) is 111 Å². The Labute approximate surface area is 260 Å². The molecule has 0 saturated heterocycles. The molecule has 0 aliphatic heterocycles. The van der Waals surface area contributed by atoms with Crippen LogP contribution in [0.15, 0.2) is 42.1 Å². The lowest BCUT2D eigenvalue weighted by Gasteiger charge is -2.39. The summed E-state index contributed by atoms with van der Waals surface area (Å²) in [5.74, 6) is -2.26. The number of unbranched alkanes of at least 4 members (excludes halogenated alkanes) is 1. The summed E-state index contributed by atoms with van der Waals surface area (Å²) >= 11 is 0. The highest BCUT2D eigenvalue weighted by Crippen LogP contribution is 2.29. The predicted molar refractivity (Wildman–Crippen MR) is 175 cm³/mol. The molecule has 1 aromatic carbocycles. The van der Waals surface area contributed by atoms with Gasteiger partial charge in [-0.05, 0) is 44.2 Å². The SMILES string of the molecule is CCCCC(C)S(=O)(=O)NC(=O)C(C)/C=C(\C(C)C)N(C)C(=O)[C@@H](NC(=O)[C@@H](NC)C(C)(C)c1ccccc1)C(C)(C)C. The number of benzene rings is 1. The third-order valence-electron chi connectivity index (χ3n) is 8.07. The highest BCUT2D eigenvalue weighted by Gasteiger charge is 2.41. The molecule has 43 heavy (non-hydrogen) atoms. The van der Waals surface area contributed by atoms with Crippen LogP contribution >= 0.6 is 0 Å². The molecule has 4 atom stereocenters. The van der Waals surface area contributed by atoms with E-state index in [1.807, 2.05) is 85.7 Å². The predicted octanol–water partition coefficient (Wildman–Crippen LogP) is 4.74. The molecule has 9 nitrogen and oxygen atoms in total. The van der Waals surface area contributed by atoms with Crippen molar-refractivity contribution in [3.8, 4) is 0 Å². The number of sulfonamides is 1. The van der Waals surface area contributed by atoms with Crippen LogP contribution in [-0.2, 0) is 29.8 Å². The van der Waals surface area contributed by atoms with Gasteiger partial charge in [0.15, 0.2) is 0 Å². The van der Waals surface area contributed by atoms with Crippen molar-refractivity contribution in [2.75, 3.05) is 14.1 Å². The second-order valence-corrected chi connectivity index (χ2v) is 15.6. The molecule has 244 valence electrons. The number of hydrogen-bond donors (Lipinski definition) is 3. The van der Waals surface area contributed by atoms with E-state index in [1.54, 1.807) is 34.0 Å². The van der Waals surface area contributed by atoms with E-state index in [1.165, 1.54) is 4.90 Å². The molecule has 0 fully saturated rings. The van der Waals surface area contributed by atoms with Crippen LogP contribution in [-0.4, -0.2) is 62.5 Å². The van der Waals surface area contributed by atoms with E-state index in [4.69, 9.17) is 0 Å². The third kappa shape index (κ3) is 10.4. The average molecular weight is 621 g/mol. The first-order valence-electron chi connectivity index (χ1n) is 15.3. The van der Waals surface area contributed by atoms with Crippen LogP contribution in [0.2, 0.25) is 0 Å². The minimum absolute atomic E-state index is 0.164. The fourth-order valence-corrected chi connectivity index (χ4v) is 6.20. The molecule has 3 N–H and O–H groups in total. The van der Waals surface area contributed by atoms with E-state index in [9.17, 15) is 22.8 Å². The number of nitrogens with one attached hydrogen (secondary N) is 3.